The van der Waals surface area contributed by atoms with E-state index in [0.717, 1.165) is 6.07 Å². The van der Waals surface area contributed by atoms with Gasteiger partial charge in [0.15, 0.2) is 6.10 Å². The minimum atomic E-state index is -1.18. The molecule has 30 heavy (non-hydrogen) atoms. The third-order valence-corrected chi connectivity index (χ3v) is 4.00. The molecular formula is C18H16N6O6. The van der Waals surface area contributed by atoms with Gasteiger partial charge >= 0.3 is 5.97 Å². The summed E-state index contributed by atoms with van der Waals surface area (Å²) in [6.07, 6.45) is 0.186. The molecule has 12 nitrogen and oxygen atoms in total. The number of benzene rings is 2. The zero-order valence-corrected chi connectivity index (χ0v) is 15.9. The summed E-state index contributed by atoms with van der Waals surface area (Å²) in [4.78, 5) is 35.2. The van der Waals surface area contributed by atoms with Crippen LogP contribution in [0.4, 0.5) is 11.4 Å². The van der Waals surface area contributed by atoms with E-state index in [1.54, 1.807) is 12.1 Å². The number of carbonyl (C=O) groups excluding carboxylic acids is 2. The van der Waals surface area contributed by atoms with E-state index in [4.69, 9.17) is 9.47 Å². The Hall–Kier alpha value is -4.35. The lowest BCUT2D eigenvalue weighted by Gasteiger charge is -2.15. The van der Waals surface area contributed by atoms with Crippen LogP contribution < -0.4 is 10.1 Å². The van der Waals surface area contributed by atoms with Gasteiger partial charge in [0.25, 0.3) is 11.6 Å². The highest BCUT2D eigenvalue weighted by molar-refractivity contribution is 5.98. The van der Waals surface area contributed by atoms with Gasteiger partial charge in [-0.15, -0.1) is 5.10 Å². The Balaban J connectivity index is 1.70. The lowest BCUT2D eigenvalue weighted by Crippen LogP contribution is -2.30. The lowest BCUT2D eigenvalue weighted by atomic mass is 10.2. The molecule has 0 unspecified atom stereocenters. The van der Waals surface area contributed by atoms with Crippen LogP contribution in [0.25, 0.3) is 5.69 Å². The van der Waals surface area contributed by atoms with Crippen LogP contribution in [0.5, 0.6) is 5.75 Å². The van der Waals surface area contributed by atoms with E-state index in [1.165, 1.54) is 49.3 Å². The molecule has 1 amide bonds. The summed E-state index contributed by atoms with van der Waals surface area (Å²) in [5.74, 6) is -1.20. The standard InChI is InChI=1S/C18H16N6O6/c1-11(17(25)20-15-9-14(24(27)28)6-7-16(15)29-2)30-18(26)12-4-3-5-13(8-12)23-10-19-21-22-23/h3-11H,1-2H3,(H,20,25)/t11-/m1/s1. The fourth-order valence-corrected chi connectivity index (χ4v) is 2.48. The van der Waals surface area contributed by atoms with Crippen LogP contribution in [0.15, 0.2) is 48.8 Å². The maximum atomic E-state index is 12.4. The van der Waals surface area contributed by atoms with Gasteiger partial charge in [-0.3, -0.25) is 14.9 Å². The number of carbonyl (C=O) groups is 2. The second kappa shape index (κ2) is 8.77. The summed E-state index contributed by atoms with van der Waals surface area (Å²) in [5, 5.41) is 24.2. The van der Waals surface area contributed by atoms with Crippen molar-refractivity contribution in [2.75, 3.05) is 12.4 Å². The molecule has 0 aliphatic carbocycles. The molecule has 0 spiro atoms. The van der Waals surface area contributed by atoms with Crippen molar-refractivity contribution < 1.29 is 24.0 Å². The Labute approximate surface area is 169 Å². The number of amides is 1. The molecule has 0 saturated heterocycles. The number of nitrogens with one attached hydrogen (secondary N) is 1. The molecule has 0 aliphatic heterocycles. The van der Waals surface area contributed by atoms with Gasteiger partial charge in [-0.2, -0.15) is 0 Å². The van der Waals surface area contributed by atoms with Crippen molar-refractivity contribution in [2.24, 2.45) is 0 Å². The van der Waals surface area contributed by atoms with Crippen LogP contribution in [-0.4, -0.2) is 50.2 Å². The third-order valence-electron chi connectivity index (χ3n) is 4.00. The summed E-state index contributed by atoms with van der Waals surface area (Å²) >= 11 is 0. The number of ether oxygens (including phenoxy) is 2. The van der Waals surface area contributed by atoms with Crippen LogP contribution in [0.1, 0.15) is 17.3 Å². The molecule has 1 aromatic heterocycles. The normalized spacial score (nSPS) is 11.4. The second-order valence-electron chi connectivity index (χ2n) is 5.98. The highest BCUT2D eigenvalue weighted by atomic mass is 16.6. The molecule has 1 atom stereocenters. The Kier molecular flexibility index (Phi) is 5.96. The monoisotopic (exact) mass is 412 g/mol. The van der Waals surface area contributed by atoms with Crippen LogP contribution in [0.3, 0.4) is 0 Å². The van der Waals surface area contributed by atoms with Crippen LogP contribution >= 0.6 is 0 Å². The number of hydrogen-bond donors (Lipinski definition) is 1. The molecule has 154 valence electrons. The van der Waals surface area contributed by atoms with E-state index in [2.05, 4.69) is 20.8 Å². The first-order chi connectivity index (χ1) is 14.4. The second-order valence-corrected chi connectivity index (χ2v) is 5.98. The Bertz CT molecular complexity index is 1080. The molecule has 1 N–H and O–H groups in total. The molecule has 12 heteroatoms. The number of anilines is 1. The Morgan fingerprint density at radius 2 is 2.03 bits per heavy atom. The van der Waals surface area contributed by atoms with Crippen molar-refractivity contribution in [3.05, 3.63) is 64.5 Å². The Morgan fingerprint density at radius 1 is 1.23 bits per heavy atom. The predicted octanol–water partition coefficient (Wildman–Crippen LogP) is 1.76. The minimum Gasteiger partial charge on any atom is -0.495 e. The molecule has 0 fully saturated rings. The number of hydrogen-bond acceptors (Lipinski definition) is 9. The van der Waals surface area contributed by atoms with Crippen molar-refractivity contribution in [1.29, 1.82) is 0 Å². The van der Waals surface area contributed by atoms with Gasteiger partial charge in [-0.1, -0.05) is 6.07 Å². The number of aromatic nitrogens is 4. The van der Waals surface area contributed by atoms with Gasteiger partial charge in [0, 0.05) is 12.1 Å². The van der Waals surface area contributed by atoms with E-state index in [9.17, 15) is 19.7 Å². The van der Waals surface area contributed by atoms with Crippen molar-refractivity contribution >= 4 is 23.3 Å². The molecular weight excluding hydrogens is 396 g/mol. The zero-order valence-electron chi connectivity index (χ0n) is 15.9. The van der Waals surface area contributed by atoms with Crippen LogP contribution in [0.2, 0.25) is 0 Å². The molecule has 0 bridgehead atoms. The molecule has 3 aromatic rings. The summed E-state index contributed by atoms with van der Waals surface area (Å²) in [6, 6.07) is 10.1. The topological polar surface area (TPSA) is 151 Å². The van der Waals surface area contributed by atoms with Crippen molar-refractivity contribution in [1.82, 2.24) is 20.2 Å². The molecule has 0 saturated carbocycles. The number of tetrazole rings is 1. The zero-order chi connectivity index (χ0) is 21.7. The summed E-state index contributed by atoms with van der Waals surface area (Å²) in [5.41, 5.74) is 0.582. The third kappa shape index (κ3) is 4.55. The van der Waals surface area contributed by atoms with Crippen molar-refractivity contribution in [3.63, 3.8) is 0 Å². The first-order valence-electron chi connectivity index (χ1n) is 8.56. The predicted molar refractivity (Wildman–Crippen MR) is 102 cm³/mol. The van der Waals surface area contributed by atoms with E-state index < -0.39 is 22.9 Å². The number of non-ortho nitro benzene ring substituents is 1. The maximum Gasteiger partial charge on any atom is 0.338 e. The average Bonchev–Trinajstić information content (AvgIpc) is 3.28. The average molecular weight is 412 g/mol. The van der Waals surface area contributed by atoms with E-state index >= 15 is 0 Å². The number of nitrogens with zero attached hydrogens (tertiary/aromatic N) is 5. The quantitative estimate of drug-likeness (QED) is 0.347. The molecule has 0 radical (unpaired) electrons. The summed E-state index contributed by atoms with van der Waals surface area (Å²) in [7, 11) is 1.36. The highest BCUT2D eigenvalue weighted by Gasteiger charge is 2.22. The largest absolute Gasteiger partial charge is 0.495 e. The maximum absolute atomic E-state index is 12.4. The number of methoxy groups -OCH3 is 1. The van der Waals surface area contributed by atoms with Gasteiger partial charge in [0.05, 0.1) is 29.0 Å². The fraction of sp³-hybridized carbons (Fsp3) is 0.167. The fourth-order valence-electron chi connectivity index (χ4n) is 2.48. The van der Waals surface area contributed by atoms with Gasteiger partial charge in [-0.05, 0) is 41.6 Å². The number of esters is 1. The van der Waals surface area contributed by atoms with Gasteiger partial charge in [-0.25, -0.2) is 9.48 Å². The SMILES string of the molecule is COc1ccc([N+](=O)[O-])cc1NC(=O)[C@@H](C)OC(=O)c1cccc(-n2cnnn2)c1. The van der Waals surface area contributed by atoms with Gasteiger partial charge < -0.3 is 14.8 Å². The Morgan fingerprint density at radius 3 is 2.70 bits per heavy atom. The summed E-state index contributed by atoms with van der Waals surface area (Å²) < 4.78 is 11.7. The van der Waals surface area contributed by atoms with Gasteiger partial charge in [0.1, 0.15) is 12.1 Å². The molecule has 3 rings (SSSR count). The first-order valence-corrected chi connectivity index (χ1v) is 8.56. The van der Waals surface area contributed by atoms with E-state index in [1.807, 2.05) is 0 Å². The minimum absolute atomic E-state index is 0.0836. The van der Waals surface area contributed by atoms with Gasteiger partial charge in [0.2, 0.25) is 0 Å². The number of rotatable bonds is 7. The van der Waals surface area contributed by atoms with Crippen molar-refractivity contribution in [2.45, 2.75) is 13.0 Å². The van der Waals surface area contributed by atoms with E-state index in [0.29, 0.717) is 5.69 Å². The number of nitro benzene ring substituents is 1. The van der Waals surface area contributed by atoms with Crippen molar-refractivity contribution in [3.8, 4) is 11.4 Å². The molecule has 0 aliphatic rings. The van der Waals surface area contributed by atoms with Crippen LogP contribution in [-0.2, 0) is 9.53 Å². The molecule has 1 heterocycles. The first kappa shape index (κ1) is 20.4. The highest BCUT2D eigenvalue weighted by Crippen LogP contribution is 2.29. The van der Waals surface area contributed by atoms with Crippen LogP contribution in [0, 0.1) is 10.1 Å². The van der Waals surface area contributed by atoms with E-state index in [-0.39, 0.29) is 22.7 Å². The number of nitro groups is 1. The lowest BCUT2D eigenvalue weighted by molar-refractivity contribution is -0.384. The smallest absolute Gasteiger partial charge is 0.338 e. The summed E-state index contributed by atoms with van der Waals surface area (Å²) in [6.45, 7) is 1.38. The molecule has 2 aromatic carbocycles.